The summed E-state index contributed by atoms with van der Waals surface area (Å²) in [4.78, 5) is 24.6. The van der Waals surface area contributed by atoms with Crippen molar-refractivity contribution in [2.24, 2.45) is 11.1 Å². The van der Waals surface area contributed by atoms with Gasteiger partial charge >= 0.3 is 0 Å². The molecule has 0 bridgehead atoms. The Bertz CT molecular complexity index is 492. The molecule has 0 radical (unpaired) electrons. The van der Waals surface area contributed by atoms with E-state index in [1.807, 2.05) is 18.4 Å². The first-order valence-corrected chi connectivity index (χ1v) is 7.69. The van der Waals surface area contributed by atoms with Crippen LogP contribution in [0.3, 0.4) is 0 Å². The Morgan fingerprint density at radius 3 is 2.75 bits per heavy atom. The van der Waals surface area contributed by atoms with E-state index in [-0.39, 0.29) is 18.4 Å². The van der Waals surface area contributed by atoms with Gasteiger partial charge in [0.15, 0.2) is 0 Å². The molecule has 1 aromatic heterocycles. The summed E-state index contributed by atoms with van der Waals surface area (Å²) in [7, 11) is 0. The highest BCUT2D eigenvalue weighted by atomic mass is 32.1. The van der Waals surface area contributed by atoms with Crippen LogP contribution in [0, 0.1) is 5.41 Å². The molecule has 0 spiro atoms. The highest BCUT2D eigenvalue weighted by Crippen LogP contribution is 2.29. The van der Waals surface area contributed by atoms with E-state index in [2.05, 4.69) is 5.32 Å². The lowest BCUT2D eigenvalue weighted by atomic mass is 9.79. The summed E-state index contributed by atoms with van der Waals surface area (Å²) >= 11 is 1.42. The van der Waals surface area contributed by atoms with Gasteiger partial charge in [-0.2, -0.15) is 0 Å². The van der Waals surface area contributed by atoms with E-state index in [1.165, 1.54) is 11.3 Å². The van der Waals surface area contributed by atoms with Gasteiger partial charge in [-0.1, -0.05) is 6.92 Å². The molecule has 2 heterocycles. The molecule has 1 aliphatic rings. The first-order valence-electron chi connectivity index (χ1n) is 6.81. The highest BCUT2D eigenvalue weighted by molar-refractivity contribution is 7.12. The van der Waals surface area contributed by atoms with Gasteiger partial charge in [0, 0.05) is 19.8 Å². The molecule has 3 N–H and O–H groups in total. The molecule has 1 aromatic rings. The largest absolute Gasteiger partial charge is 0.381 e. The van der Waals surface area contributed by atoms with Gasteiger partial charge in [-0.05, 0) is 36.3 Å². The van der Waals surface area contributed by atoms with Crippen molar-refractivity contribution in [3.8, 4) is 0 Å². The molecule has 6 heteroatoms. The second-order valence-corrected chi connectivity index (χ2v) is 5.98. The minimum absolute atomic E-state index is 0.121. The zero-order valence-electron chi connectivity index (χ0n) is 11.6. The summed E-state index contributed by atoms with van der Waals surface area (Å²) in [6.45, 7) is 3.32. The molecule has 0 aliphatic carbocycles. The predicted octanol–water partition coefficient (Wildman–Crippen LogP) is 1.32. The van der Waals surface area contributed by atoms with Gasteiger partial charge in [-0.25, -0.2) is 0 Å². The third kappa shape index (κ3) is 3.02. The van der Waals surface area contributed by atoms with E-state index >= 15 is 0 Å². The second kappa shape index (κ2) is 6.37. The van der Waals surface area contributed by atoms with Crippen LogP contribution in [-0.2, 0) is 16.0 Å². The number of primary amides is 1. The number of carbonyl (C=O) groups excluding carboxylic acids is 2. The predicted molar refractivity (Wildman–Crippen MR) is 77.7 cm³/mol. The summed E-state index contributed by atoms with van der Waals surface area (Å²) in [5.41, 5.74) is 5.89. The monoisotopic (exact) mass is 296 g/mol. The van der Waals surface area contributed by atoms with Crippen LogP contribution in [0.25, 0.3) is 0 Å². The Morgan fingerprint density at radius 1 is 1.45 bits per heavy atom. The SMILES string of the molecule is CCc1ccsc1C(=O)NCC1(C(N)=O)CCOCC1. The van der Waals surface area contributed by atoms with Gasteiger partial charge < -0.3 is 15.8 Å². The average molecular weight is 296 g/mol. The topological polar surface area (TPSA) is 81.4 Å². The number of amides is 2. The van der Waals surface area contributed by atoms with E-state index in [0.717, 1.165) is 16.9 Å². The van der Waals surface area contributed by atoms with Crippen LogP contribution < -0.4 is 11.1 Å². The Hall–Kier alpha value is -1.40. The molecule has 2 rings (SSSR count). The molecule has 0 aromatic carbocycles. The van der Waals surface area contributed by atoms with Gasteiger partial charge in [-0.15, -0.1) is 11.3 Å². The standard InChI is InChI=1S/C14H20N2O3S/c1-2-10-3-8-20-11(10)12(17)16-9-14(13(15)18)4-6-19-7-5-14/h3,8H,2,4-7,9H2,1H3,(H2,15,18)(H,16,17). The number of aryl methyl sites for hydroxylation is 1. The summed E-state index contributed by atoms with van der Waals surface area (Å²) in [5.74, 6) is -0.480. The highest BCUT2D eigenvalue weighted by Gasteiger charge is 2.38. The van der Waals surface area contributed by atoms with Crippen molar-refractivity contribution in [2.75, 3.05) is 19.8 Å². The van der Waals surface area contributed by atoms with E-state index in [9.17, 15) is 9.59 Å². The fourth-order valence-corrected chi connectivity index (χ4v) is 3.33. The first-order chi connectivity index (χ1) is 9.59. The number of thiophene rings is 1. The van der Waals surface area contributed by atoms with Crippen molar-refractivity contribution >= 4 is 23.2 Å². The van der Waals surface area contributed by atoms with Crippen LogP contribution in [0.4, 0.5) is 0 Å². The first kappa shape index (κ1) is 15.0. The lowest BCUT2D eigenvalue weighted by molar-refractivity contribution is -0.132. The van der Waals surface area contributed by atoms with Crippen molar-refractivity contribution in [3.05, 3.63) is 21.9 Å². The zero-order valence-corrected chi connectivity index (χ0v) is 12.4. The summed E-state index contributed by atoms with van der Waals surface area (Å²) in [5, 5.41) is 4.78. The maximum absolute atomic E-state index is 12.2. The van der Waals surface area contributed by atoms with Crippen molar-refractivity contribution < 1.29 is 14.3 Å². The molecule has 1 fully saturated rings. The van der Waals surface area contributed by atoms with Crippen LogP contribution in [-0.4, -0.2) is 31.6 Å². The van der Waals surface area contributed by atoms with Crippen molar-refractivity contribution in [3.63, 3.8) is 0 Å². The smallest absolute Gasteiger partial charge is 0.261 e. The fourth-order valence-electron chi connectivity index (χ4n) is 2.42. The van der Waals surface area contributed by atoms with Crippen LogP contribution in [0.2, 0.25) is 0 Å². The summed E-state index contributed by atoms with van der Waals surface area (Å²) in [6.07, 6.45) is 1.95. The van der Waals surface area contributed by atoms with E-state index in [0.29, 0.717) is 26.1 Å². The van der Waals surface area contributed by atoms with Crippen LogP contribution >= 0.6 is 11.3 Å². The normalized spacial score (nSPS) is 17.6. The van der Waals surface area contributed by atoms with Gasteiger partial charge in [0.25, 0.3) is 5.91 Å². The van der Waals surface area contributed by atoms with E-state index in [1.54, 1.807) is 0 Å². The Balaban J connectivity index is 2.03. The molecule has 0 atom stereocenters. The van der Waals surface area contributed by atoms with Gasteiger partial charge in [0.1, 0.15) is 0 Å². The lowest BCUT2D eigenvalue weighted by Gasteiger charge is -2.34. The summed E-state index contributed by atoms with van der Waals surface area (Å²) < 4.78 is 5.27. The number of ether oxygens (including phenoxy) is 1. The number of nitrogens with two attached hydrogens (primary N) is 1. The number of rotatable bonds is 5. The van der Waals surface area contributed by atoms with Crippen LogP contribution in [0.5, 0.6) is 0 Å². The molecule has 0 saturated carbocycles. The van der Waals surface area contributed by atoms with Crippen LogP contribution in [0.1, 0.15) is 35.0 Å². The van der Waals surface area contributed by atoms with Gasteiger partial charge in [-0.3, -0.25) is 9.59 Å². The molecular weight excluding hydrogens is 276 g/mol. The molecule has 5 nitrogen and oxygen atoms in total. The molecule has 1 saturated heterocycles. The molecule has 20 heavy (non-hydrogen) atoms. The quantitative estimate of drug-likeness (QED) is 0.860. The third-order valence-corrected chi connectivity index (χ3v) is 4.85. The number of nitrogens with one attached hydrogen (secondary N) is 1. The van der Waals surface area contributed by atoms with Crippen LogP contribution in [0.15, 0.2) is 11.4 Å². The minimum Gasteiger partial charge on any atom is -0.381 e. The number of hydrogen-bond donors (Lipinski definition) is 2. The van der Waals surface area contributed by atoms with Crippen molar-refractivity contribution in [2.45, 2.75) is 26.2 Å². The van der Waals surface area contributed by atoms with E-state index in [4.69, 9.17) is 10.5 Å². The Morgan fingerprint density at radius 2 is 2.15 bits per heavy atom. The van der Waals surface area contributed by atoms with Gasteiger partial charge in [0.2, 0.25) is 5.91 Å². The molecule has 2 amide bonds. The molecule has 1 aliphatic heterocycles. The third-order valence-electron chi connectivity index (χ3n) is 3.89. The average Bonchev–Trinajstić information content (AvgIpc) is 2.94. The fraction of sp³-hybridized carbons (Fsp3) is 0.571. The Labute approximate surface area is 122 Å². The second-order valence-electron chi connectivity index (χ2n) is 5.07. The van der Waals surface area contributed by atoms with Crippen molar-refractivity contribution in [1.29, 1.82) is 0 Å². The summed E-state index contributed by atoms with van der Waals surface area (Å²) in [6, 6.07) is 1.96. The maximum atomic E-state index is 12.2. The van der Waals surface area contributed by atoms with Crippen molar-refractivity contribution in [1.82, 2.24) is 5.32 Å². The zero-order chi connectivity index (χ0) is 14.6. The van der Waals surface area contributed by atoms with E-state index < -0.39 is 5.41 Å². The molecule has 0 unspecified atom stereocenters. The minimum atomic E-state index is -0.669. The maximum Gasteiger partial charge on any atom is 0.261 e. The van der Waals surface area contributed by atoms with Gasteiger partial charge in [0.05, 0.1) is 10.3 Å². The Kier molecular flexibility index (Phi) is 4.77. The number of hydrogen-bond acceptors (Lipinski definition) is 4. The number of carbonyl (C=O) groups is 2. The molecular formula is C14H20N2O3S. The lowest BCUT2D eigenvalue weighted by Crippen LogP contribution is -2.49. The molecule has 110 valence electrons.